The Morgan fingerprint density at radius 3 is 2.82 bits per heavy atom. The van der Waals surface area contributed by atoms with Gasteiger partial charge in [-0.3, -0.25) is 0 Å². The van der Waals surface area contributed by atoms with Crippen molar-refractivity contribution >= 4 is 11.3 Å². The lowest BCUT2D eigenvalue weighted by atomic mass is 9.91. The van der Waals surface area contributed by atoms with E-state index in [0.29, 0.717) is 12.0 Å². The van der Waals surface area contributed by atoms with Gasteiger partial charge in [-0.2, -0.15) is 5.26 Å². The summed E-state index contributed by atoms with van der Waals surface area (Å²) in [6, 6.07) is 13.2. The Kier molecular flexibility index (Phi) is 3.28. The number of nitrogens with zero attached hydrogens (tertiary/aromatic N) is 1. The van der Waals surface area contributed by atoms with Crippen molar-refractivity contribution < 1.29 is 5.11 Å². The molecule has 17 heavy (non-hydrogen) atoms. The highest BCUT2D eigenvalue weighted by Crippen LogP contribution is 2.27. The number of aliphatic hydroxyl groups is 1. The highest BCUT2D eigenvalue weighted by Gasteiger charge is 2.24. The molecule has 2 nitrogen and oxygen atoms in total. The van der Waals surface area contributed by atoms with E-state index in [4.69, 9.17) is 5.26 Å². The molecule has 0 radical (unpaired) electrons. The molecule has 3 heteroatoms. The molecule has 1 aromatic heterocycles. The predicted octanol–water partition coefficient (Wildman–Crippen LogP) is 3.07. The molecule has 0 aliphatic heterocycles. The fraction of sp³-hybridized carbons (Fsp3) is 0.214. The second kappa shape index (κ2) is 4.70. The second-order valence-electron chi connectivity index (χ2n) is 4.22. The maximum absolute atomic E-state index is 10.5. The van der Waals surface area contributed by atoms with Gasteiger partial charge in [0.15, 0.2) is 0 Å². The number of hydrogen-bond donors (Lipinski definition) is 1. The molecule has 1 N–H and O–H groups in total. The molecule has 0 aliphatic rings. The highest BCUT2D eigenvalue weighted by atomic mass is 32.1. The Labute approximate surface area is 105 Å². The van der Waals surface area contributed by atoms with Crippen molar-refractivity contribution in [2.24, 2.45) is 0 Å². The maximum Gasteiger partial charge on any atom is 0.0991 e. The minimum atomic E-state index is -0.933. The summed E-state index contributed by atoms with van der Waals surface area (Å²) in [5, 5.41) is 21.3. The van der Waals surface area contributed by atoms with E-state index in [9.17, 15) is 5.11 Å². The summed E-state index contributed by atoms with van der Waals surface area (Å²) in [6.07, 6.45) is 0.569. The van der Waals surface area contributed by atoms with E-state index in [1.54, 1.807) is 36.5 Å². The largest absolute Gasteiger partial charge is 0.385 e. The Bertz CT molecular complexity index is 538. The zero-order valence-electron chi connectivity index (χ0n) is 9.55. The lowest BCUT2D eigenvalue weighted by molar-refractivity contribution is 0.0584. The summed E-state index contributed by atoms with van der Waals surface area (Å²) in [5.74, 6) is 0. The molecule has 1 aromatic carbocycles. The molecule has 2 rings (SSSR count). The van der Waals surface area contributed by atoms with Crippen molar-refractivity contribution in [2.75, 3.05) is 0 Å². The summed E-state index contributed by atoms with van der Waals surface area (Å²) in [5.41, 5.74) is 0.427. The van der Waals surface area contributed by atoms with Crippen LogP contribution in [-0.4, -0.2) is 5.11 Å². The van der Waals surface area contributed by atoms with Gasteiger partial charge in [0.25, 0.3) is 0 Å². The Hall–Kier alpha value is -1.63. The SMILES string of the molecule is CC(O)(Cc1cccs1)c1cccc(C#N)c1. The van der Waals surface area contributed by atoms with Crippen molar-refractivity contribution in [2.45, 2.75) is 18.9 Å². The normalized spacial score (nSPS) is 13.9. The smallest absolute Gasteiger partial charge is 0.0991 e. The number of thiophene rings is 1. The van der Waals surface area contributed by atoms with Crippen LogP contribution >= 0.6 is 11.3 Å². The molecular weight excluding hydrogens is 230 g/mol. The van der Waals surface area contributed by atoms with Gasteiger partial charge in [-0.15, -0.1) is 11.3 Å². The predicted molar refractivity (Wildman–Crippen MR) is 68.8 cm³/mol. The third kappa shape index (κ3) is 2.73. The number of benzene rings is 1. The number of nitriles is 1. The number of hydrogen-bond acceptors (Lipinski definition) is 3. The molecule has 0 spiro atoms. The third-order valence-corrected chi connectivity index (χ3v) is 3.59. The molecule has 0 aliphatic carbocycles. The fourth-order valence-electron chi connectivity index (χ4n) is 1.78. The minimum absolute atomic E-state index is 0.569. The first kappa shape index (κ1) is 11.8. The Morgan fingerprint density at radius 2 is 2.18 bits per heavy atom. The van der Waals surface area contributed by atoms with Crippen molar-refractivity contribution in [1.29, 1.82) is 5.26 Å². The summed E-state index contributed by atoms with van der Waals surface area (Å²) in [4.78, 5) is 1.14. The highest BCUT2D eigenvalue weighted by molar-refractivity contribution is 7.09. The molecule has 1 atom stereocenters. The molecule has 0 amide bonds. The van der Waals surface area contributed by atoms with Crippen LogP contribution in [0.5, 0.6) is 0 Å². The van der Waals surface area contributed by atoms with Gasteiger partial charge >= 0.3 is 0 Å². The van der Waals surface area contributed by atoms with Crippen LogP contribution in [0.4, 0.5) is 0 Å². The first-order chi connectivity index (χ1) is 8.12. The summed E-state index contributed by atoms with van der Waals surface area (Å²) >= 11 is 1.63. The van der Waals surface area contributed by atoms with E-state index in [0.717, 1.165) is 10.4 Å². The van der Waals surface area contributed by atoms with Gasteiger partial charge in [0.05, 0.1) is 17.2 Å². The van der Waals surface area contributed by atoms with Crippen molar-refractivity contribution in [3.05, 3.63) is 57.8 Å². The zero-order valence-corrected chi connectivity index (χ0v) is 10.4. The van der Waals surface area contributed by atoms with Crippen LogP contribution in [0.25, 0.3) is 0 Å². The molecule has 0 bridgehead atoms. The van der Waals surface area contributed by atoms with Crippen LogP contribution in [0.15, 0.2) is 41.8 Å². The van der Waals surface area contributed by atoms with Crippen molar-refractivity contribution in [3.8, 4) is 6.07 Å². The van der Waals surface area contributed by atoms with E-state index in [1.807, 2.05) is 23.6 Å². The lowest BCUT2D eigenvalue weighted by Gasteiger charge is -2.23. The molecule has 0 fully saturated rings. The average molecular weight is 243 g/mol. The standard InChI is InChI=1S/C14H13NOS/c1-14(16,9-13-6-3-7-17-13)12-5-2-4-11(8-12)10-15/h2-8,16H,9H2,1H3. The van der Waals surface area contributed by atoms with E-state index >= 15 is 0 Å². The monoisotopic (exact) mass is 243 g/mol. The van der Waals surface area contributed by atoms with Gasteiger partial charge < -0.3 is 5.11 Å². The van der Waals surface area contributed by atoms with Gasteiger partial charge in [-0.1, -0.05) is 18.2 Å². The van der Waals surface area contributed by atoms with Crippen LogP contribution in [-0.2, 0) is 12.0 Å². The maximum atomic E-state index is 10.5. The molecular formula is C14H13NOS. The van der Waals surface area contributed by atoms with E-state index in [-0.39, 0.29) is 0 Å². The van der Waals surface area contributed by atoms with Crippen LogP contribution in [0.3, 0.4) is 0 Å². The van der Waals surface area contributed by atoms with Gasteiger partial charge in [-0.05, 0) is 36.1 Å². The molecule has 1 unspecified atom stereocenters. The van der Waals surface area contributed by atoms with Crippen LogP contribution < -0.4 is 0 Å². The van der Waals surface area contributed by atoms with E-state index in [1.165, 1.54) is 0 Å². The Balaban J connectivity index is 2.28. The average Bonchev–Trinajstić information content (AvgIpc) is 2.81. The fourth-order valence-corrected chi connectivity index (χ4v) is 2.63. The van der Waals surface area contributed by atoms with Gasteiger partial charge in [0.1, 0.15) is 0 Å². The van der Waals surface area contributed by atoms with E-state index < -0.39 is 5.60 Å². The van der Waals surface area contributed by atoms with Crippen LogP contribution in [0.1, 0.15) is 22.9 Å². The van der Waals surface area contributed by atoms with Crippen LogP contribution in [0, 0.1) is 11.3 Å². The summed E-state index contributed by atoms with van der Waals surface area (Å²) in [7, 11) is 0. The van der Waals surface area contributed by atoms with Crippen molar-refractivity contribution in [1.82, 2.24) is 0 Å². The van der Waals surface area contributed by atoms with Gasteiger partial charge in [0, 0.05) is 11.3 Å². The van der Waals surface area contributed by atoms with Crippen molar-refractivity contribution in [3.63, 3.8) is 0 Å². The van der Waals surface area contributed by atoms with Gasteiger partial charge in [-0.25, -0.2) is 0 Å². The topological polar surface area (TPSA) is 44.0 Å². The number of rotatable bonds is 3. The molecule has 0 saturated heterocycles. The second-order valence-corrected chi connectivity index (χ2v) is 5.25. The Morgan fingerprint density at radius 1 is 1.35 bits per heavy atom. The first-order valence-electron chi connectivity index (χ1n) is 5.37. The molecule has 0 saturated carbocycles. The zero-order chi connectivity index (χ0) is 12.3. The summed E-state index contributed by atoms with van der Waals surface area (Å²) < 4.78 is 0. The first-order valence-corrected chi connectivity index (χ1v) is 6.25. The summed E-state index contributed by atoms with van der Waals surface area (Å²) in [6.45, 7) is 1.78. The van der Waals surface area contributed by atoms with E-state index in [2.05, 4.69) is 6.07 Å². The van der Waals surface area contributed by atoms with Gasteiger partial charge in [0.2, 0.25) is 0 Å². The van der Waals surface area contributed by atoms with Crippen LogP contribution in [0.2, 0.25) is 0 Å². The minimum Gasteiger partial charge on any atom is -0.385 e. The quantitative estimate of drug-likeness (QED) is 0.900. The third-order valence-electron chi connectivity index (χ3n) is 2.71. The molecule has 1 heterocycles. The molecule has 2 aromatic rings. The lowest BCUT2D eigenvalue weighted by Crippen LogP contribution is -2.23. The molecule has 86 valence electrons.